The van der Waals surface area contributed by atoms with E-state index in [1.807, 2.05) is 36.4 Å². The SMILES string of the molecule is CC(=O)N1Cc2ccccc2CC1C(=O)NCc1cccnc1. The molecule has 0 radical (unpaired) electrons. The van der Waals surface area contributed by atoms with Gasteiger partial charge in [0.1, 0.15) is 6.04 Å². The van der Waals surface area contributed by atoms with Gasteiger partial charge in [-0.1, -0.05) is 30.3 Å². The zero-order valence-electron chi connectivity index (χ0n) is 13.0. The third kappa shape index (κ3) is 3.39. The van der Waals surface area contributed by atoms with Gasteiger partial charge in [0.15, 0.2) is 0 Å². The Hall–Kier alpha value is -2.69. The van der Waals surface area contributed by atoms with Gasteiger partial charge in [-0.15, -0.1) is 0 Å². The molecule has 3 rings (SSSR count). The van der Waals surface area contributed by atoms with Crippen molar-refractivity contribution in [3.63, 3.8) is 0 Å². The molecule has 0 spiro atoms. The molecule has 2 amide bonds. The van der Waals surface area contributed by atoms with E-state index < -0.39 is 6.04 Å². The highest BCUT2D eigenvalue weighted by Crippen LogP contribution is 2.23. The molecule has 5 heteroatoms. The standard InChI is InChI=1S/C18H19N3O2/c1-13(22)21-12-16-7-3-2-6-15(16)9-17(21)18(23)20-11-14-5-4-8-19-10-14/h2-8,10,17H,9,11-12H2,1H3,(H,20,23). The van der Waals surface area contributed by atoms with E-state index in [0.717, 1.165) is 16.7 Å². The Bertz CT molecular complexity index is 715. The average Bonchev–Trinajstić information content (AvgIpc) is 2.59. The predicted molar refractivity (Wildman–Crippen MR) is 86.2 cm³/mol. The summed E-state index contributed by atoms with van der Waals surface area (Å²) >= 11 is 0. The van der Waals surface area contributed by atoms with Crippen molar-refractivity contribution in [2.45, 2.75) is 32.5 Å². The molecule has 0 saturated carbocycles. The molecule has 1 aromatic carbocycles. The summed E-state index contributed by atoms with van der Waals surface area (Å²) in [7, 11) is 0. The van der Waals surface area contributed by atoms with E-state index in [1.54, 1.807) is 17.3 Å². The molecule has 0 fully saturated rings. The number of benzene rings is 1. The van der Waals surface area contributed by atoms with Crippen LogP contribution in [0.25, 0.3) is 0 Å². The minimum absolute atomic E-state index is 0.0824. The molecule has 23 heavy (non-hydrogen) atoms. The van der Waals surface area contributed by atoms with Crippen LogP contribution < -0.4 is 5.32 Å². The van der Waals surface area contributed by atoms with Crippen LogP contribution in [-0.4, -0.2) is 27.7 Å². The van der Waals surface area contributed by atoms with Crippen molar-refractivity contribution in [1.29, 1.82) is 0 Å². The summed E-state index contributed by atoms with van der Waals surface area (Å²) in [6.45, 7) is 2.41. The smallest absolute Gasteiger partial charge is 0.243 e. The van der Waals surface area contributed by atoms with E-state index >= 15 is 0 Å². The van der Waals surface area contributed by atoms with Gasteiger partial charge in [-0.2, -0.15) is 0 Å². The second kappa shape index (κ2) is 6.60. The second-order valence-electron chi connectivity index (χ2n) is 5.71. The van der Waals surface area contributed by atoms with Crippen LogP contribution in [0.1, 0.15) is 23.6 Å². The Morgan fingerprint density at radius 1 is 1.22 bits per heavy atom. The number of nitrogens with one attached hydrogen (secondary N) is 1. The van der Waals surface area contributed by atoms with Crippen molar-refractivity contribution in [3.05, 3.63) is 65.5 Å². The summed E-state index contributed by atoms with van der Waals surface area (Å²) in [4.78, 5) is 30.2. The summed E-state index contributed by atoms with van der Waals surface area (Å²) < 4.78 is 0. The topological polar surface area (TPSA) is 62.3 Å². The number of hydrogen-bond acceptors (Lipinski definition) is 3. The van der Waals surface area contributed by atoms with E-state index in [-0.39, 0.29) is 11.8 Å². The highest BCUT2D eigenvalue weighted by Gasteiger charge is 2.32. The molecule has 2 aromatic rings. The summed E-state index contributed by atoms with van der Waals surface area (Å²) in [5.41, 5.74) is 3.18. The number of carbonyl (C=O) groups excluding carboxylic acids is 2. The van der Waals surface area contributed by atoms with E-state index in [9.17, 15) is 9.59 Å². The Labute approximate surface area is 135 Å². The molecule has 0 bridgehead atoms. The number of rotatable bonds is 3. The lowest BCUT2D eigenvalue weighted by Gasteiger charge is -2.35. The van der Waals surface area contributed by atoms with Crippen LogP contribution in [-0.2, 0) is 29.1 Å². The Morgan fingerprint density at radius 2 is 2.00 bits per heavy atom. The quantitative estimate of drug-likeness (QED) is 0.938. The van der Waals surface area contributed by atoms with Crippen LogP contribution in [0.15, 0.2) is 48.8 Å². The van der Waals surface area contributed by atoms with Crippen LogP contribution in [0.5, 0.6) is 0 Å². The van der Waals surface area contributed by atoms with Gasteiger partial charge >= 0.3 is 0 Å². The lowest BCUT2D eigenvalue weighted by Crippen LogP contribution is -2.51. The van der Waals surface area contributed by atoms with Crippen LogP contribution in [0.4, 0.5) is 0 Å². The first-order valence-corrected chi connectivity index (χ1v) is 7.66. The van der Waals surface area contributed by atoms with Crippen LogP contribution >= 0.6 is 0 Å². The Kier molecular flexibility index (Phi) is 4.37. The Morgan fingerprint density at radius 3 is 2.70 bits per heavy atom. The van der Waals surface area contributed by atoms with Crippen molar-refractivity contribution in [1.82, 2.24) is 15.2 Å². The van der Waals surface area contributed by atoms with Gasteiger partial charge in [-0.25, -0.2) is 0 Å². The molecule has 2 heterocycles. The fraction of sp³-hybridized carbons (Fsp3) is 0.278. The fourth-order valence-electron chi connectivity index (χ4n) is 2.90. The molecular weight excluding hydrogens is 290 g/mol. The zero-order chi connectivity index (χ0) is 16.2. The van der Waals surface area contributed by atoms with Gasteiger partial charge in [0.25, 0.3) is 0 Å². The molecule has 1 aliphatic heterocycles. The van der Waals surface area contributed by atoms with E-state index in [0.29, 0.717) is 19.5 Å². The van der Waals surface area contributed by atoms with Crippen molar-refractivity contribution in [2.75, 3.05) is 0 Å². The largest absolute Gasteiger partial charge is 0.350 e. The third-order valence-corrected chi connectivity index (χ3v) is 4.15. The zero-order valence-corrected chi connectivity index (χ0v) is 13.0. The molecule has 1 unspecified atom stereocenters. The summed E-state index contributed by atoms with van der Waals surface area (Å²) in [6, 6.07) is 11.2. The van der Waals surface area contributed by atoms with Gasteiger partial charge in [0.2, 0.25) is 11.8 Å². The van der Waals surface area contributed by atoms with Crippen molar-refractivity contribution in [3.8, 4) is 0 Å². The van der Waals surface area contributed by atoms with Crippen LogP contribution in [0, 0.1) is 0 Å². The number of hydrogen-bond donors (Lipinski definition) is 1. The lowest BCUT2D eigenvalue weighted by molar-refractivity contribution is -0.140. The van der Waals surface area contributed by atoms with Gasteiger partial charge in [-0.05, 0) is 22.8 Å². The summed E-state index contributed by atoms with van der Waals surface area (Å²) in [5.74, 6) is -0.209. The van der Waals surface area contributed by atoms with Gasteiger partial charge in [0, 0.05) is 38.8 Å². The van der Waals surface area contributed by atoms with E-state index in [1.165, 1.54) is 6.92 Å². The monoisotopic (exact) mass is 309 g/mol. The maximum absolute atomic E-state index is 12.6. The summed E-state index contributed by atoms with van der Waals surface area (Å²) in [5, 5.41) is 2.91. The lowest BCUT2D eigenvalue weighted by atomic mass is 9.93. The molecular formula is C18H19N3O2. The van der Waals surface area contributed by atoms with Crippen LogP contribution in [0.2, 0.25) is 0 Å². The Balaban J connectivity index is 1.74. The molecule has 1 aliphatic rings. The number of carbonyl (C=O) groups is 2. The molecule has 5 nitrogen and oxygen atoms in total. The number of pyridine rings is 1. The van der Waals surface area contributed by atoms with Crippen molar-refractivity contribution in [2.24, 2.45) is 0 Å². The summed E-state index contributed by atoms with van der Waals surface area (Å²) in [6.07, 6.45) is 3.97. The first kappa shape index (κ1) is 15.2. The fourth-order valence-corrected chi connectivity index (χ4v) is 2.90. The second-order valence-corrected chi connectivity index (χ2v) is 5.71. The third-order valence-electron chi connectivity index (χ3n) is 4.15. The van der Waals surface area contributed by atoms with Gasteiger partial charge in [-0.3, -0.25) is 14.6 Å². The minimum Gasteiger partial charge on any atom is -0.350 e. The highest BCUT2D eigenvalue weighted by atomic mass is 16.2. The number of nitrogens with zero attached hydrogens (tertiary/aromatic N) is 2. The molecule has 0 saturated heterocycles. The molecule has 1 aromatic heterocycles. The number of aromatic nitrogens is 1. The normalized spacial score (nSPS) is 16.6. The van der Waals surface area contributed by atoms with Crippen molar-refractivity contribution >= 4 is 11.8 Å². The number of fused-ring (bicyclic) bond motifs is 1. The maximum atomic E-state index is 12.6. The van der Waals surface area contributed by atoms with E-state index in [4.69, 9.17) is 0 Å². The molecule has 118 valence electrons. The highest BCUT2D eigenvalue weighted by molar-refractivity contribution is 5.87. The van der Waals surface area contributed by atoms with Gasteiger partial charge in [0.05, 0.1) is 0 Å². The first-order chi connectivity index (χ1) is 11.1. The van der Waals surface area contributed by atoms with E-state index in [2.05, 4.69) is 10.3 Å². The van der Waals surface area contributed by atoms with Gasteiger partial charge < -0.3 is 10.2 Å². The molecule has 1 N–H and O–H groups in total. The first-order valence-electron chi connectivity index (χ1n) is 7.66. The number of amides is 2. The van der Waals surface area contributed by atoms with Crippen LogP contribution in [0.3, 0.4) is 0 Å². The predicted octanol–water partition coefficient (Wildman–Crippen LogP) is 1.67. The minimum atomic E-state index is -0.459. The average molecular weight is 309 g/mol. The van der Waals surface area contributed by atoms with Crippen molar-refractivity contribution < 1.29 is 9.59 Å². The molecule has 1 atom stereocenters. The molecule has 0 aliphatic carbocycles. The maximum Gasteiger partial charge on any atom is 0.243 e.